The Kier molecular flexibility index (Phi) is 3.50. The number of rotatable bonds is 2. The van der Waals surface area contributed by atoms with Gasteiger partial charge in [0.15, 0.2) is 0 Å². The molecule has 1 saturated heterocycles. The number of thiophene rings is 1. The van der Waals surface area contributed by atoms with E-state index in [1.54, 1.807) is 11.3 Å². The Hall–Kier alpha value is -1.44. The van der Waals surface area contributed by atoms with Crippen molar-refractivity contribution >= 4 is 33.3 Å². The number of hydrazine groups is 1. The summed E-state index contributed by atoms with van der Waals surface area (Å²) in [5, 5.41) is 1.10. The zero-order valence-corrected chi connectivity index (χ0v) is 11.7. The molecular weight excluding hydrogens is 262 g/mol. The maximum Gasteiger partial charge on any atom is 0.240 e. The van der Waals surface area contributed by atoms with Crippen molar-refractivity contribution in [1.82, 2.24) is 9.97 Å². The fourth-order valence-electron chi connectivity index (χ4n) is 2.29. The third-order valence-electron chi connectivity index (χ3n) is 3.15. The number of hydrogen-bond donors (Lipinski definition) is 2. The number of anilines is 2. The van der Waals surface area contributed by atoms with Gasteiger partial charge < -0.3 is 9.64 Å². The van der Waals surface area contributed by atoms with Crippen LogP contribution in [0.1, 0.15) is 11.3 Å². The standard InChI is InChI=1S/C12H17N5OS/c1-8-7-9-10(17-3-2-5-18-6-4-17)14-12(16-13)15-11(9)19-8/h7H,2-6,13H2,1H3,(H,14,15,16). The first-order valence-corrected chi connectivity index (χ1v) is 7.17. The van der Waals surface area contributed by atoms with E-state index in [1.807, 2.05) is 0 Å². The van der Waals surface area contributed by atoms with Crippen LogP contribution in [0.3, 0.4) is 0 Å². The summed E-state index contributed by atoms with van der Waals surface area (Å²) in [5.74, 6) is 6.88. The molecule has 0 unspecified atom stereocenters. The van der Waals surface area contributed by atoms with Gasteiger partial charge in [-0.05, 0) is 19.4 Å². The van der Waals surface area contributed by atoms with Gasteiger partial charge >= 0.3 is 0 Å². The molecule has 3 heterocycles. The molecule has 3 rings (SSSR count). The Labute approximate surface area is 115 Å². The zero-order chi connectivity index (χ0) is 13.2. The monoisotopic (exact) mass is 279 g/mol. The predicted octanol–water partition coefficient (Wildman–Crippen LogP) is 1.51. The Balaban J connectivity index is 2.08. The summed E-state index contributed by atoms with van der Waals surface area (Å²) < 4.78 is 5.50. The summed E-state index contributed by atoms with van der Waals surface area (Å²) in [5.41, 5.74) is 2.55. The lowest BCUT2D eigenvalue weighted by Gasteiger charge is -2.21. The highest BCUT2D eigenvalue weighted by Crippen LogP contribution is 2.31. The van der Waals surface area contributed by atoms with E-state index in [9.17, 15) is 0 Å². The highest BCUT2D eigenvalue weighted by Gasteiger charge is 2.17. The highest BCUT2D eigenvalue weighted by molar-refractivity contribution is 7.18. The smallest absolute Gasteiger partial charge is 0.240 e. The number of fused-ring (bicyclic) bond motifs is 1. The van der Waals surface area contributed by atoms with Crippen LogP contribution in [0.4, 0.5) is 11.8 Å². The second kappa shape index (κ2) is 5.28. The minimum atomic E-state index is 0.467. The van der Waals surface area contributed by atoms with E-state index in [4.69, 9.17) is 10.6 Å². The summed E-state index contributed by atoms with van der Waals surface area (Å²) in [6.07, 6.45) is 1.01. The van der Waals surface area contributed by atoms with Crippen LogP contribution in [0.5, 0.6) is 0 Å². The van der Waals surface area contributed by atoms with Gasteiger partial charge in [-0.1, -0.05) is 0 Å². The van der Waals surface area contributed by atoms with Gasteiger partial charge in [-0.2, -0.15) is 4.98 Å². The fraction of sp³-hybridized carbons (Fsp3) is 0.500. The van der Waals surface area contributed by atoms with Crippen LogP contribution < -0.4 is 16.2 Å². The van der Waals surface area contributed by atoms with Crippen molar-refractivity contribution in [3.8, 4) is 0 Å². The second-order valence-corrected chi connectivity index (χ2v) is 5.78. The molecule has 0 amide bonds. The molecular formula is C12H17N5OS. The van der Waals surface area contributed by atoms with E-state index < -0.39 is 0 Å². The number of aromatic nitrogens is 2. The van der Waals surface area contributed by atoms with Gasteiger partial charge in [0.05, 0.1) is 12.0 Å². The minimum absolute atomic E-state index is 0.467. The largest absolute Gasteiger partial charge is 0.380 e. The molecule has 0 atom stereocenters. The normalized spacial score (nSPS) is 16.6. The van der Waals surface area contributed by atoms with Crippen LogP contribution in [0.2, 0.25) is 0 Å². The molecule has 19 heavy (non-hydrogen) atoms. The van der Waals surface area contributed by atoms with Gasteiger partial charge in [0.1, 0.15) is 10.6 Å². The highest BCUT2D eigenvalue weighted by atomic mass is 32.1. The lowest BCUT2D eigenvalue weighted by Crippen LogP contribution is -2.27. The molecule has 2 aromatic heterocycles. The van der Waals surface area contributed by atoms with E-state index in [0.29, 0.717) is 5.95 Å². The van der Waals surface area contributed by atoms with Crippen molar-refractivity contribution in [3.63, 3.8) is 0 Å². The van der Waals surface area contributed by atoms with Crippen molar-refractivity contribution in [1.29, 1.82) is 0 Å². The SMILES string of the molecule is Cc1cc2c(N3CCCOCC3)nc(NN)nc2s1. The molecule has 0 radical (unpaired) electrons. The molecule has 0 bridgehead atoms. The van der Waals surface area contributed by atoms with Crippen LogP contribution in [-0.2, 0) is 4.74 Å². The van der Waals surface area contributed by atoms with Crippen LogP contribution in [-0.4, -0.2) is 36.3 Å². The maximum atomic E-state index is 5.50. The van der Waals surface area contributed by atoms with E-state index in [1.165, 1.54) is 4.88 Å². The van der Waals surface area contributed by atoms with E-state index in [2.05, 4.69) is 33.3 Å². The Morgan fingerprint density at radius 3 is 3.11 bits per heavy atom. The van der Waals surface area contributed by atoms with E-state index in [0.717, 1.165) is 48.8 Å². The third-order valence-corrected chi connectivity index (χ3v) is 4.09. The average molecular weight is 279 g/mol. The number of ether oxygens (including phenoxy) is 1. The van der Waals surface area contributed by atoms with E-state index >= 15 is 0 Å². The first-order valence-electron chi connectivity index (χ1n) is 6.35. The van der Waals surface area contributed by atoms with Crippen molar-refractivity contribution in [2.24, 2.45) is 5.84 Å². The molecule has 0 aliphatic carbocycles. The minimum Gasteiger partial charge on any atom is -0.380 e. The number of nitrogens with one attached hydrogen (secondary N) is 1. The molecule has 1 aliphatic heterocycles. The summed E-state index contributed by atoms with van der Waals surface area (Å²) in [6, 6.07) is 2.14. The average Bonchev–Trinajstić information content (AvgIpc) is 2.64. The molecule has 0 saturated carbocycles. The quantitative estimate of drug-likeness (QED) is 0.641. The Bertz CT molecular complexity index is 577. The van der Waals surface area contributed by atoms with Gasteiger partial charge in [-0.15, -0.1) is 11.3 Å². The molecule has 1 aliphatic rings. The van der Waals surface area contributed by atoms with Crippen LogP contribution in [0, 0.1) is 6.92 Å². The predicted molar refractivity (Wildman–Crippen MR) is 77.6 cm³/mol. The van der Waals surface area contributed by atoms with Gasteiger partial charge in [0, 0.05) is 24.6 Å². The number of hydrogen-bond acceptors (Lipinski definition) is 7. The van der Waals surface area contributed by atoms with Crippen LogP contribution >= 0.6 is 11.3 Å². The number of nitrogens with two attached hydrogens (primary N) is 1. The van der Waals surface area contributed by atoms with Crippen LogP contribution in [0.25, 0.3) is 10.2 Å². The van der Waals surface area contributed by atoms with Gasteiger partial charge in [-0.25, -0.2) is 10.8 Å². The van der Waals surface area contributed by atoms with Crippen molar-refractivity contribution in [3.05, 3.63) is 10.9 Å². The van der Waals surface area contributed by atoms with Gasteiger partial charge in [0.2, 0.25) is 5.95 Å². The summed E-state index contributed by atoms with van der Waals surface area (Å²) in [4.78, 5) is 13.4. The van der Waals surface area contributed by atoms with Crippen molar-refractivity contribution in [2.45, 2.75) is 13.3 Å². The Morgan fingerprint density at radius 2 is 2.26 bits per heavy atom. The molecule has 6 nitrogen and oxygen atoms in total. The molecule has 102 valence electrons. The summed E-state index contributed by atoms with van der Waals surface area (Å²) in [6.45, 7) is 5.43. The summed E-state index contributed by atoms with van der Waals surface area (Å²) in [7, 11) is 0. The first-order chi connectivity index (χ1) is 9.28. The fourth-order valence-corrected chi connectivity index (χ4v) is 3.16. The number of nitrogens with zero attached hydrogens (tertiary/aromatic N) is 3. The van der Waals surface area contributed by atoms with Gasteiger partial charge in [-0.3, -0.25) is 5.43 Å². The second-order valence-electron chi connectivity index (χ2n) is 4.54. The van der Waals surface area contributed by atoms with Gasteiger partial charge in [0.25, 0.3) is 0 Å². The molecule has 0 spiro atoms. The van der Waals surface area contributed by atoms with Crippen LogP contribution in [0.15, 0.2) is 6.07 Å². The Morgan fingerprint density at radius 1 is 1.37 bits per heavy atom. The number of aryl methyl sites for hydroxylation is 1. The molecule has 7 heteroatoms. The maximum absolute atomic E-state index is 5.50. The molecule has 0 aromatic carbocycles. The van der Waals surface area contributed by atoms with Crippen molar-refractivity contribution < 1.29 is 4.74 Å². The zero-order valence-electron chi connectivity index (χ0n) is 10.8. The lowest BCUT2D eigenvalue weighted by atomic mass is 10.3. The topological polar surface area (TPSA) is 76.3 Å². The first kappa shape index (κ1) is 12.6. The van der Waals surface area contributed by atoms with Crippen molar-refractivity contribution in [2.75, 3.05) is 36.6 Å². The third kappa shape index (κ3) is 2.49. The summed E-state index contributed by atoms with van der Waals surface area (Å²) >= 11 is 1.66. The molecule has 2 aromatic rings. The molecule has 1 fully saturated rings. The molecule has 3 N–H and O–H groups in total. The van der Waals surface area contributed by atoms with E-state index in [-0.39, 0.29) is 0 Å². The lowest BCUT2D eigenvalue weighted by molar-refractivity contribution is 0.152. The number of nitrogen functional groups attached to an aromatic ring is 1.